The first-order valence-electron chi connectivity index (χ1n) is 22.5. The molecule has 65 heavy (non-hydrogen) atoms. The molecule has 0 aliphatic carbocycles. The molecule has 0 aliphatic rings. The number of aromatic nitrogens is 6. The van der Waals surface area contributed by atoms with Gasteiger partial charge in [0.1, 0.15) is 0 Å². The lowest BCUT2D eigenvalue weighted by Crippen LogP contribution is -2.10. The van der Waals surface area contributed by atoms with Gasteiger partial charge in [0.05, 0.1) is 44.5 Å². The van der Waals surface area contributed by atoms with E-state index in [0.29, 0.717) is 17.6 Å². The normalized spacial score (nSPS) is 12.5. The summed E-state index contributed by atoms with van der Waals surface area (Å²) >= 11 is 0. The van der Waals surface area contributed by atoms with Gasteiger partial charge in [-0.2, -0.15) is 9.97 Å². The first kappa shape index (κ1) is 38.8. The van der Waals surface area contributed by atoms with Crippen molar-refractivity contribution in [3.8, 4) is 40.1 Å². The second-order valence-corrected chi connectivity index (χ2v) is 19.4. The number of rotatable bonds is 5. The monoisotopic (exact) mass is 840 g/mol. The summed E-state index contributed by atoms with van der Waals surface area (Å²) in [6.45, 7) is 13.7. The number of fused-ring (bicyclic) bond motifs is 9. The van der Waals surface area contributed by atoms with Crippen LogP contribution in [-0.4, -0.2) is 28.7 Å². The average molecular weight is 841 g/mol. The summed E-state index contributed by atoms with van der Waals surface area (Å²) in [6.07, 6.45) is 0. The molecule has 0 aliphatic heterocycles. The molecule has 0 amide bonds. The second-order valence-electron chi connectivity index (χ2n) is 19.4. The van der Waals surface area contributed by atoms with E-state index in [9.17, 15) is 0 Å². The van der Waals surface area contributed by atoms with Crippen molar-refractivity contribution >= 4 is 65.4 Å². The predicted molar refractivity (Wildman–Crippen MR) is 271 cm³/mol. The van der Waals surface area contributed by atoms with Gasteiger partial charge in [0.15, 0.2) is 11.6 Å². The summed E-state index contributed by atoms with van der Waals surface area (Å²) in [6, 6.07) is 65.4. The van der Waals surface area contributed by atoms with Gasteiger partial charge < -0.3 is 9.13 Å². The molecule has 4 aromatic heterocycles. The molecule has 0 saturated carbocycles. The number of benzene rings is 8. The zero-order chi connectivity index (χ0) is 44.2. The maximum Gasteiger partial charge on any atom is 0.238 e. The number of nitrogens with zero attached hydrogens (tertiary/aromatic N) is 6. The van der Waals surface area contributed by atoms with Gasteiger partial charge in [-0.1, -0.05) is 151 Å². The van der Waals surface area contributed by atoms with Crippen molar-refractivity contribution in [3.63, 3.8) is 0 Å². The van der Waals surface area contributed by atoms with Crippen LogP contribution in [0.3, 0.4) is 0 Å². The summed E-state index contributed by atoms with van der Waals surface area (Å²) in [5.74, 6) is 1.74. The third kappa shape index (κ3) is 6.12. The van der Waals surface area contributed by atoms with E-state index in [4.69, 9.17) is 15.0 Å². The van der Waals surface area contributed by atoms with Crippen LogP contribution in [0.4, 0.5) is 0 Å². The quantitative estimate of drug-likeness (QED) is 0.173. The molecule has 8 aromatic carbocycles. The third-order valence-corrected chi connectivity index (χ3v) is 13.3. The van der Waals surface area contributed by atoms with E-state index in [1.165, 1.54) is 32.7 Å². The molecule has 0 bridgehead atoms. The van der Waals surface area contributed by atoms with Crippen molar-refractivity contribution in [1.82, 2.24) is 28.7 Å². The minimum absolute atomic E-state index is 0.00464. The Morgan fingerprint density at radius 1 is 0.308 bits per heavy atom. The number of hydrogen-bond donors (Lipinski definition) is 0. The molecule has 0 radical (unpaired) electrons. The molecule has 0 fully saturated rings. The summed E-state index contributed by atoms with van der Waals surface area (Å²) < 4.78 is 6.97. The van der Waals surface area contributed by atoms with Gasteiger partial charge in [0, 0.05) is 43.4 Å². The summed E-state index contributed by atoms with van der Waals surface area (Å²) in [4.78, 5) is 16.5. The average Bonchev–Trinajstić information content (AvgIpc) is 3.96. The molecule has 12 rings (SSSR count). The first-order valence-corrected chi connectivity index (χ1v) is 22.5. The highest BCUT2D eigenvalue weighted by molar-refractivity contribution is 6.12. The molecule has 0 unspecified atom stereocenters. The summed E-state index contributed by atoms with van der Waals surface area (Å²) in [5, 5.41) is 7.15. The van der Waals surface area contributed by atoms with Crippen LogP contribution < -0.4 is 0 Å². The molecule has 0 N–H and O–H groups in total. The standard InChI is InChI=1S/C59H48N6/c1-58(2,3)37-31-33-53-45(35-37)41-21-9-13-25-47(41)63(53)51-29-17-11-23-43(51)55-60-56(62-57(61-55)65-49-27-15-7-19-39(49)40-20-8-16-28-50(40)65)44-24-12-18-30-52(44)64-48-26-14-10-22-42(48)46-36-38(59(4,5)6)32-34-54(46)64/h7-36H,1-6H3. The van der Waals surface area contributed by atoms with Gasteiger partial charge in [0.2, 0.25) is 5.95 Å². The smallest absolute Gasteiger partial charge is 0.238 e. The highest BCUT2D eigenvalue weighted by Crippen LogP contribution is 2.41. The predicted octanol–water partition coefficient (Wildman–Crippen LogP) is 15.1. The molecular weight excluding hydrogens is 793 g/mol. The Bertz CT molecular complexity index is 3620. The van der Waals surface area contributed by atoms with Crippen molar-refractivity contribution in [2.45, 2.75) is 52.4 Å². The molecular formula is C59H48N6. The second kappa shape index (κ2) is 14.3. The van der Waals surface area contributed by atoms with E-state index in [-0.39, 0.29) is 10.8 Å². The van der Waals surface area contributed by atoms with Crippen LogP contribution in [-0.2, 0) is 10.8 Å². The van der Waals surface area contributed by atoms with E-state index in [2.05, 4.69) is 237 Å². The third-order valence-electron chi connectivity index (χ3n) is 13.3. The van der Waals surface area contributed by atoms with Crippen LogP contribution in [0, 0.1) is 0 Å². The molecule has 6 nitrogen and oxygen atoms in total. The lowest BCUT2D eigenvalue weighted by molar-refractivity contribution is 0.591. The van der Waals surface area contributed by atoms with Crippen molar-refractivity contribution < 1.29 is 0 Å². The van der Waals surface area contributed by atoms with Crippen LogP contribution in [0.15, 0.2) is 182 Å². The minimum atomic E-state index is 0.00464. The van der Waals surface area contributed by atoms with Crippen LogP contribution in [0.5, 0.6) is 0 Å². The van der Waals surface area contributed by atoms with Crippen LogP contribution in [0.1, 0.15) is 52.7 Å². The zero-order valence-corrected chi connectivity index (χ0v) is 37.5. The van der Waals surface area contributed by atoms with E-state index in [1.807, 2.05) is 0 Å². The largest absolute Gasteiger partial charge is 0.309 e. The maximum atomic E-state index is 5.54. The van der Waals surface area contributed by atoms with E-state index >= 15 is 0 Å². The van der Waals surface area contributed by atoms with Gasteiger partial charge in [-0.25, -0.2) is 4.98 Å². The van der Waals surface area contributed by atoms with Gasteiger partial charge >= 0.3 is 0 Å². The van der Waals surface area contributed by atoms with Gasteiger partial charge in [-0.3, -0.25) is 4.57 Å². The van der Waals surface area contributed by atoms with Crippen LogP contribution in [0.25, 0.3) is 106 Å². The SMILES string of the molecule is CC(C)(C)c1ccc2c(c1)c1ccccc1n2-c1ccccc1-c1nc(-c2ccccc2-n2c3ccccc3c3cc(C(C)(C)C)ccc32)nc(-n2c3ccccc3c3ccccc32)n1. The topological polar surface area (TPSA) is 53.5 Å². The fourth-order valence-corrected chi connectivity index (χ4v) is 9.96. The molecule has 12 aromatic rings. The number of para-hydroxylation sites is 6. The summed E-state index contributed by atoms with van der Waals surface area (Å²) in [7, 11) is 0. The molecule has 0 atom stereocenters. The highest BCUT2D eigenvalue weighted by atomic mass is 15.2. The van der Waals surface area contributed by atoms with E-state index < -0.39 is 0 Å². The van der Waals surface area contributed by atoms with Crippen molar-refractivity contribution in [1.29, 1.82) is 0 Å². The zero-order valence-electron chi connectivity index (χ0n) is 37.5. The Labute approximate surface area is 378 Å². The molecule has 6 heteroatoms. The summed E-state index contributed by atoms with van der Waals surface area (Å²) in [5.41, 5.74) is 13.0. The Morgan fingerprint density at radius 3 is 1.03 bits per heavy atom. The Kier molecular flexibility index (Phi) is 8.57. The maximum absolute atomic E-state index is 5.54. The van der Waals surface area contributed by atoms with Gasteiger partial charge in [-0.15, -0.1) is 0 Å². The van der Waals surface area contributed by atoms with Gasteiger partial charge in [-0.05, 0) is 94.8 Å². The first-order chi connectivity index (χ1) is 31.5. The van der Waals surface area contributed by atoms with Crippen molar-refractivity contribution in [3.05, 3.63) is 193 Å². The van der Waals surface area contributed by atoms with Crippen LogP contribution in [0.2, 0.25) is 0 Å². The van der Waals surface area contributed by atoms with Crippen LogP contribution >= 0.6 is 0 Å². The fraction of sp³-hybridized carbons (Fsp3) is 0.136. The minimum Gasteiger partial charge on any atom is -0.309 e. The molecule has 4 heterocycles. The lowest BCUT2D eigenvalue weighted by Gasteiger charge is -2.19. The highest BCUT2D eigenvalue weighted by Gasteiger charge is 2.25. The molecule has 0 spiro atoms. The van der Waals surface area contributed by atoms with Crippen molar-refractivity contribution in [2.75, 3.05) is 0 Å². The molecule has 314 valence electrons. The number of hydrogen-bond acceptors (Lipinski definition) is 3. The Balaban J connectivity index is 1.15. The molecule has 0 saturated heterocycles. The fourth-order valence-electron chi connectivity index (χ4n) is 9.96. The lowest BCUT2D eigenvalue weighted by atomic mass is 9.86. The van der Waals surface area contributed by atoms with Crippen molar-refractivity contribution in [2.24, 2.45) is 0 Å². The van der Waals surface area contributed by atoms with Gasteiger partial charge in [0.25, 0.3) is 0 Å². The van der Waals surface area contributed by atoms with E-state index in [0.717, 1.165) is 66.4 Å². The Hall–Kier alpha value is -7.83. The Morgan fingerprint density at radius 2 is 0.631 bits per heavy atom. The van der Waals surface area contributed by atoms with E-state index in [1.54, 1.807) is 0 Å².